The fourth-order valence-electron chi connectivity index (χ4n) is 3.51. The first-order chi connectivity index (χ1) is 13.0. The molecule has 1 heterocycles. The van der Waals surface area contributed by atoms with Crippen molar-refractivity contribution in [2.45, 2.75) is 12.8 Å². The minimum absolute atomic E-state index is 0.00904. The molecule has 0 saturated carbocycles. The molecule has 3 aromatic rings. The number of nitrogens with zero attached hydrogens (tertiary/aromatic N) is 2. The second-order valence-corrected chi connectivity index (χ2v) is 6.23. The highest BCUT2D eigenvalue weighted by atomic mass is 19.1. The van der Waals surface area contributed by atoms with Gasteiger partial charge in [-0.2, -0.15) is 5.10 Å². The van der Waals surface area contributed by atoms with Crippen molar-refractivity contribution in [1.82, 2.24) is 9.78 Å². The number of ether oxygens (including phenoxy) is 2. The van der Waals surface area contributed by atoms with Gasteiger partial charge in [0, 0.05) is 11.1 Å². The Morgan fingerprint density at radius 3 is 2.41 bits per heavy atom. The summed E-state index contributed by atoms with van der Waals surface area (Å²) >= 11 is 0. The molecule has 6 nitrogen and oxygen atoms in total. The van der Waals surface area contributed by atoms with Crippen molar-refractivity contribution < 1.29 is 23.8 Å². The zero-order valence-corrected chi connectivity index (χ0v) is 14.8. The van der Waals surface area contributed by atoms with Crippen molar-refractivity contribution in [3.05, 3.63) is 59.0 Å². The van der Waals surface area contributed by atoms with E-state index in [4.69, 9.17) is 9.47 Å². The number of benzene rings is 2. The fourth-order valence-corrected chi connectivity index (χ4v) is 3.51. The SMILES string of the molecule is COc1cc2c(cc1OC)-c1c(c(C(=O)O)nn1-c1ccc(F)cc1)CC2. The van der Waals surface area contributed by atoms with Crippen LogP contribution in [0.25, 0.3) is 16.9 Å². The van der Waals surface area contributed by atoms with Crippen LogP contribution in [0.5, 0.6) is 11.5 Å². The normalized spacial score (nSPS) is 12.3. The van der Waals surface area contributed by atoms with Gasteiger partial charge < -0.3 is 14.6 Å². The smallest absolute Gasteiger partial charge is 0.356 e. The van der Waals surface area contributed by atoms with E-state index in [1.165, 1.54) is 12.1 Å². The molecule has 1 aliphatic rings. The quantitative estimate of drug-likeness (QED) is 0.763. The van der Waals surface area contributed by atoms with Crippen LogP contribution in [-0.4, -0.2) is 35.1 Å². The van der Waals surface area contributed by atoms with Gasteiger partial charge >= 0.3 is 5.97 Å². The van der Waals surface area contributed by atoms with Crippen molar-refractivity contribution in [2.75, 3.05) is 14.2 Å². The van der Waals surface area contributed by atoms with E-state index in [9.17, 15) is 14.3 Å². The molecule has 0 radical (unpaired) electrons. The number of carboxylic acids is 1. The fraction of sp³-hybridized carbons (Fsp3) is 0.200. The maximum absolute atomic E-state index is 13.3. The Balaban J connectivity index is 2.00. The van der Waals surface area contributed by atoms with Gasteiger partial charge in [0.2, 0.25) is 0 Å². The molecule has 0 aliphatic heterocycles. The molecule has 1 aliphatic carbocycles. The van der Waals surface area contributed by atoms with Crippen LogP contribution in [0.4, 0.5) is 4.39 Å². The number of halogens is 1. The molecule has 1 N–H and O–H groups in total. The zero-order valence-electron chi connectivity index (χ0n) is 14.8. The Hall–Kier alpha value is -3.35. The van der Waals surface area contributed by atoms with E-state index in [2.05, 4.69) is 5.10 Å². The summed E-state index contributed by atoms with van der Waals surface area (Å²) in [6, 6.07) is 9.52. The molecule has 7 heteroatoms. The summed E-state index contributed by atoms with van der Waals surface area (Å²) < 4.78 is 25.7. The second kappa shape index (κ2) is 6.42. The average molecular weight is 368 g/mol. The van der Waals surface area contributed by atoms with E-state index in [-0.39, 0.29) is 11.5 Å². The largest absolute Gasteiger partial charge is 0.493 e. The number of carbonyl (C=O) groups is 1. The van der Waals surface area contributed by atoms with E-state index >= 15 is 0 Å². The van der Waals surface area contributed by atoms with Crippen LogP contribution in [0.1, 0.15) is 21.6 Å². The molecule has 1 aromatic heterocycles. The summed E-state index contributed by atoms with van der Waals surface area (Å²) in [4.78, 5) is 11.7. The lowest BCUT2D eigenvalue weighted by Crippen LogP contribution is -2.09. The molecular formula is C20H17FN2O4. The number of aryl methyl sites for hydroxylation is 1. The molecule has 0 atom stereocenters. The maximum atomic E-state index is 13.3. The van der Waals surface area contributed by atoms with Gasteiger partial charge in [0.05, 0.1) is 25.6 Å². The van der Waals surface area contributed by atoms with Gasteiger partial charge in [0.25, 0.3) is 0 Å². The number of hydrogen-bond donors (Lipinski definition) is 1. The molecule has 0 spiro atoms. The Kier molecular flexibility index (Phi) is 4.07. The zero-order chi connectivity index (χ0) is 19.1. The standard InChI is InChI=1S/C20H17FN2O4/c1-26-16-9-11-3-8-14-18(20(24)25)22-23(13-6-4-12(21)5-7-13)19(14)15(11)10-17(16)27-2/h4-7,9-10H,3,8H2,1-2H3,(H,24,25). The van der Waals surface area contributed by atoms with E-state index in [0.717, 1.165) is 11.1 Å². The van der Waals surface area contributed by atoms with E-state index in [0.29, 0.717) is 41.3 Å². The number of hydrogen-bond acceptors (Lipinski definition) is 4. The predicted molar refractivity (Wildman–Crippen MR) is 96.4 cm³/mol. The lowest BCUT2D eigenvalue weighted by Gasteiger charge is -2.21. The first-order valence-corrected chi connectivity index (χ1v) is 8.40. The Morgan fingerprint density at radius 2 is 1.78 bits per heavy atom. The highest BCUT2D eigenvalue weighted by Crippen LogP contribution is 2.42. The number of fused-ring (bicyclic) bond motifs is 3. The number of aromatic nitrogens is 2. The molecular weight excluding hydrogens is 351 g/mol. The van der Waals surface area contributed by atoms with Crippen LogP contribution >= 0.6 is 0 Å². The highest BCUT2D eigenvalue weighted by Gasteiger charge is 2.30. The third-order valence-electron chi connectivity index (χ3n) is 4.77. The van der Waals surface area contributed by atoms with E-state index < -0.39 is 5.97 Å². The molecule has 0 bridgehead atoms. The van der Waals surface area contributed by atoms with Gasteiger partial charge in [-0.3, -0.25) is 0 Å². The van der Waals surface area contributed by atoms with Crippen LogP contribution in [0, 0.1) is 5.82 Å². The lowest BCUT2D eigenvalue weighted by atomic mass is 9.88. The third-order valence-corrected chi connectivity index (χ3v) is 4.77. The van der Waals surface area contributed by atoms with Gasteiger partial charge in [0.1, 0.15) is 5.82 Å². The Labute approximate surface area is 154 Å². The highest BCUT2D eigenvalue weighted by molar-refractivity contribution is 5.91. The second-order valence-electron chi connectivity index (χ2n) is 6.23. The Bertz CT molecular complexity index is 1040. The lowest BCUT2D eigenvalue weighted by molar-refractivity contribution is 0.0688. The number of methoxy groups -OCH3 is 2. The first-order valence-electron chi connectivity index (χ1n) is 8.40. The van der Waals surface area contributed by atoms with Crippen LogP contribution in [-0.2, 0) is 12.8 Å². The summed E-state index contributed by atoms with van der Waals surface area (Å²) in [5, 5.41) is 13.9. The van der Waals surface area contributed by atoms with Crippen LogP contribution in [0.3, 0.4) is 0 Å². The van der Waals surface area contributed by atoms with Gasteiger partial charge in [-0.05, 0) is 54.8 Å². The van der Waals surface area contributed by atoms with Crippen molar-refractivity contribution in [1.29, 1.82) is 0 Å². The minimum Gasteiger partial charge on any atom is -0.493 e. The molecule has 4 rings (SSSR count). The molecule has 27 heavy (non-hydrogen) atoms. The molecule has 0 unspecified atom stereocenters. The molecule has 0 saturated heterocycles. The summed E-state index contributed by atoms with van der Waals surface area (Å²) in [5.41, 5.74) is 3.78. The topological polar surface area (TPSA) is 73.6 Å². The third kappa shape index (κ3) is 2.71. The van der Waals surface area contributed by atoms with Gasteiger partial charge in [-0.15, -0.1) is 0 Å². The summed E-state index contributed by atoms with van der Waals surface area (Å²) in [5.74, 6) is -0.292. The molecule has 138 valence electrons. The van der Waals surface area contributed by atoms with E-state index in [1.54, 1.807) is 31.0 Å². The van der Waals surface area contributed by atoms with Crippen LogP contribution in [0.2, 0.25) is 0 Å². The minimum atomic E-state index is -1.09. The summed E-state index contributed by atoms with van der Waals surface area (Å²) in [6.07, 6.45) is 1.21. The monoisotopic (exact) mass is 368 g/mol. The van der Waals surface area contributed by atoms with Crippen LogP contribution < -0.4 is 9.47 Å². The van der Waals surface area contributed by atoms with Crippen LogP contribution in [0.15, 0.2) is 36.4 Å². The van der Waals surface area contributed by atoms with Gasteiger partial charge in [-0.1, -0.05) is 0 Å². The number of rotatable bonds is 4. The van der Waals surface area contributed by atoms with Crippen molar-refractivity contribution >= 4 is 5.97 Å². The van der Waals surface area contributed by atoms with E-state index in [1.807, 2.05) is 12.1 Å². The van der Waals surface area contributed by atoms with Crippen molar-refractivity contribution in [3.63, 3.8) is 0 Å². The van der Waals surface area contributed by atoms with Crippen molar-refractivity contribution in [2.24, 2.45) is 0 Å². The molecule has 0 fully saturated rings. The summed E-state index contributed by atoms with van der Waals surface area (Å²) in [7, 11) is 3.12. The van der Waals surface area contributed by atoms with Crippen molar-refractivity contribution in [3.8, 4) is 28.4 Å². The maximum Gasteiger partial charge on any atom is 0.356 e. The molecule has 2 aromatic carbocycles. The van der Waals surface area contributed by atoms with Gasteiger partial charge in [0.15, 0.2) is 17.2 Å². The Morgan fingerprint density at radius 1 is 1.11 bits per heavy atom. The predicted octanol–water partition coefficient (Wildman–Crippen LogP) is 3.49. The number of aromatic carboxylic acids is 1. The van der Waals surface area contributed by atoms with Gasteiger partial charge in [-0.25, -0.2) is 13.9 Å². The first kappa shape index (κ1) is 17.1. The summed E-state index contributed by atoms with van der Waals surface area (Å²) in [6.45, 7) is 0. The average Bonchev–Trinajstić information content (AvgIpc) is 3.07. The number of carboxylic acid groups (broad SMARTS) is 1. The molecule has 0 amide bonds.